The summed E-state index contributed by atoms with van der Waals surface area (Å²) in [4.78, 5) is 14.1. The van der Waals surface area contributed by atoms with E-state index in [4.69, 9.17) is 0 Å². The number of hydrogen-bond acceptors (Lipinski definition) is 3. The predicted octanol–water partition coefficient (Wildman–Crippen LogP) is 4.01. The van der Waals surface area contributed by atoms with Gasteiger partial charge in [-0.25, -0.2) is 8.42 Å². The fourth-order valence-corrected chi connectivity index (χ4v) is 5.15. The maximum absolute atomic E-state index is 13.2. The number of piperazine rings is 1. The Kier molecular flexibility index (Phi) is 5.49. The van der Waals surface area contributed by atoms with Crippen molar-refractivity contribution in [2.24, 2.45) is 0 Å². The number of sulfonamides is 1. The Morgan fingerprint density at radius 2 is 1.42 bits per heavy atom. The molecule has 0 bridgehead atoms. The van der Waals surface area contributed by atoms with Crippen molar-refractivity contribution >= 4 is 26.7 Å². The summed E-state index contributed by atoms with van der Waals surface area (Å²) in [6.07, 6.45) is -4.65. The van der Waals surface area contributed by atoms with Gasteiger partial charge in [-0.3, -0.25) is 4.79 Å². The highest BCUT2D eigenvalue weighted by Gasteiger charge is 2.37. The lowest BCUT2D eigenvalue weighted by Crippen LogP contribution is -2.50. The van der Waals surface area contributed by atoms with Crippen molar-refractivity contribution in [1.82, 2.24) is 9.21 Å². The van der Waals surface area contributed by atoms with Crippen LogP contribution in [0.4, 0.5) is 13.2 Å². The number of nitrogens with zero attached hydrogens (tertiary/aromatic N) is 2. The fourth-order valence-electron chi connectivity index (χ4n) is 3.70. The first-order valence-electron chi connectivity index (χ1n) is 9.62. The predicted molar refractivity (Wildman–Crippen MR) is 110 cm³/mol. The summed E-state index contributed by atoms with van der Waals surface area (Å²) in [6, 6.07) is 16.9. The number of amides is 1. The molecule has 1 amide bonds. The summed E-state index contributed by atoms with van der Waals surface area (Å²) in [6.45, 7) is 0.0415. The van der Waals surface area contributed by atoms with E-state index in [2.05, 4.69) is 0 Å². The number of carbonyl (C=O) groups excluding carboxylic acids is 1. The van der Waals surface area contributed by atoms with E-state index in [1.807, 2.05) is 24.3 Å². The van der Waals surface area contributed by atoms with Gasteiger partial charge in [-0.2, -0.15) is 17.5 Å². The minimum Gasteiger partial charge on any atom is -0.336 e. The molecule has 1 heterocycles. The third-order valence-electron chi connectivity index (χ3n) is 5.35. The van der Waals surface area contributed by atoms with Crippen LogP contribution in [0.15, 0.2) is 71.6 Å². The van der Waals surface area contributed by atoms with E-state index in [1.54, 1.807) is 12.1 Å². The normalized spacial score (nSPS) is 15.9. The van der Waals surface area contributed by atoms with Crippen LogP contribution < -0.4 is 0 Å². The first-order valence-corrected chi connectivity index (χ1v) is 11.1. The van der Waals surface area contributed by atoms with Crippen LogP contribution >= 0.6 is 0 Å². The van der Waals surface area contributed by atoms with Gasteiger partial charge < -0.3 is 4.90 Å². The third-order valence-corrected chi connectivity index (χ3v) is 7.24. The number of rotatable bonds is 3. The Balaban J connectivity index is 1.51. The van der Waals surface area contributed by atoms with Crippen molar-refractivity contribution in [1.29, 1.82) is 0 Å². The molecule has 1 aliphatic heterocycles. The molecular weight excluding hydrogens is 429 g/mol. The van der Waals surface area contributed by atoms with Crippen molar-refractivity contribution < 1.29 is 26.4 Å². The molecule has 1 aliphatic rings. The van der Waals surface area contributed by atoms with Gasteiger partial charge in [0.15, 0.2) is 0 Å². The van der Waals surface area contributed by atoms with E-state index in [0.29, 0.717) is 0 Å². The van der Waals surface area contributed by atoms with Crippen LogP contribution in [-0.4, -0.2) is 49.7 Å². The second-order valence-electron chi connectivity index (χ2n) is 7.25. The average molecular weight is 448 g/mol. The SMILES string of the molecule is O=C(c1ccccc1C(F)(F)F)N1CCN(S(=O)(=O)c2ccc3ccccc3c2)CC1. The van der Waals surface area contributed by atoms with E-state index in [-0.39, 0.29) is 31.1 Å². The molecule has 0 radical (unpaired) electrons. The number of halogens is 3. The Hall–Kier alpha value is -2.91. The molecule has 0 atom stereocenters. The lowest BCUT2D eigenvalue weighted by Gasteiger charge is -2.34. The smallest absolute Gasteiger partial charge is 0.336 e. The molecule has 0 aromatic heterocycles. The van der Waals surface area contributed by atoms with Gasteiger partial charge in [-0.15, -0.1) is 0 Å². The van der Waals surface area contributed by atoms with Gasteiger partial charge >= 0.3 is 6.18 Å². The molecule has 3 aromatic rings. The third kappa shape index (κ3) is 4.15. The summed E-state index contributed by atoms with van der Waals surface area (Å²) in [5.41, 5.74) is -1.42. The van der Waals surface area contributed by atoms with Gasteiger partial charge in [0.25, 0.3) is 5.91 Å². The summed E-state index contributed by atoms with van der Waals surface area (Å²) in [5.74, 6) is -0.754. The van der Waals surface area contributed by atoms with Gasteiger partial charge in [0.05, 0.1) is 16.0 Å². The van der Waals surface area contributed by atoms with E-state index >= 15 is 0 Å². The van der Waals surface area contributed by atoms with Gasteiger partial charge in [-0.05, 0) is 35.0 Å². The molecule has 0 saturated carbocycles. The quantitative estimate of drug-likeness (QED) is 0.609. The van der Waals surface area contributed by atoms with E-state index < -0.39 is 33.2 Å². The minimum absolute atomic E-state index is 0.00901. The summed E-state index contributed by atoms with van der Waals surface area (Å²) in [7, 11) is -3.78. The lowest BCUT2D eigenvalue weighted by atomic mass is 10.1. The van der Waals surface area contributed by atoms with Crippen LogP contribution in [0.2, 0.25) is 0 Å². The van der Waals surface area contributed by atoms with Crippen LogP contribution in [-0.2, 0) is 16.2 Å². The lowest BCUT2D eigenvalue weighted by molar-refractivity contribution is -0.138. The molecule has 0 aliphatic carbocycles. The molecule has 0 N–H and O–H groups in total. The first-order chi connectivity index (χ1) is 14.7. The van der Waals surface area contributed by atoms with Crippen LogP contribution in [0.1, 0.15) is 15.9 Å². The van der Waals surface area contributed by atoms with Gasteiger partial charge in [0, 0.05) is 26.2 Å². The molecule has 1 saturated heterocycles. The highest BCUT2D eigenvalue weighted by molar-refractivity contribution is 7.89. The Labute approximate surface area is 177 Å². The molecule has 4 rings (SSSR count). The second-order valence-corrected chi connectivity index (χ2v) is 9.19. The van der Waals surface area contributed by atoms with Crippen molar-refractivity contribution in [3.05, 3.63) is 77.9 Å². The summed E-state index contributed by atoms with van der Waals surface area (Å²) >= 11 is 0. The van der Waals surface area contributed by atoms with Crippen LogP contribution in [0.25, 0.3) is 10.8 Å². The van der Waals surface area contributed by atoms with Crippen LogP contribution in [0.3, 0.4) is 0 Å². The number of carbonyl (C=O) groups is 1. The largest absolute Gasteiger partial charge is 0.417 e. The van der Waals surface area contributed by atoms with Gasteiger partial charge in [0.2, 0.25) is 10.0 Å². The minimum atomic E-state index is -4.65. The molecule has 0 unspecified atom stereocenters. The first kappa shape index (κ1) is 21.3. The number of fused-ring (bicyclic) bond motifs is 1. The van der Waals surface area contributed by atoms with E-state index in [0.717, 1.165) is 22.9 Å². The van der Waals surface area contributed by atoms with E-state index in [9.17, 15) is 26.4 Å². The Morgan fingerprint density at radius 1 is 0.806 bits per heavy atom. The second kappa shape index (κ2) is 7.97. The van der Waals surface area contributed by atoms with Gasteiger partial charge in [-0.1, -0.05) is 42.5 Å². The molecule has 3 aromatic carbocycles. The van der Waals surface area contributed by atoms with Crippen LogP contribution in [0, 0.1) is 0 Å². The highest BCUT2D eigenvalue weighted by Crippen LogP contribution is 2.32. The maximum atomic E-state index is 13.2. The van der Waals surface area contributed by atoms with Crippen molar-refractivity contribution in [2.75, 3.05) is 26.2 Å². The number of benzene rings is 3. The molecule has 162 valence electrons. The molecular formula is C22H19F3N2O3S. The maximum Gasteiger partial charge on any atom is 0.417 e. The number of alkyl halides is 3. The van der Waals surface area contributed by atoms with Crippen molar-refractivity contribution in [3.8, 4) is 0 Å². The fraction of sp³-hybridized carbons (Fsp3) is 0.227. The average Bonchev–Trinajstić information content (AvgIpc) is 2.77. The topological polar surface area (TPSA) is 57.7 Å². The van der Waals surface area contributed by atoms with Gasteiger partial charge in [0.1, 0.15) is 0 Å². The highest BCUT2D eigenvalue weighted by atomic mass is 32.2. The molecule has 9 heteroatoms. The monoisotopic (exact) mass is 448 g/mol. The molecule has 31 heavy (non-hydrogen) atoms. The van der Waals surface area contributed by atoms with Crippen molar-refractivity contribution in [3.63, 3.8) is 0 Å². The molecule has 0 spiro atoms. The summed E-state index contributed by atoms with van der Waals surface area (Å²) in [5, 5.41) is 1.71. The molecule has 1 fully saturated rings. The zero-order chi connectivity index (χ0) is 22.2. The Morgan fingerprint density at radius 3 is 2.10 bits per heavy atom. The van der Waals surface area contributed by atoms with E-state index in [1.165, 1.54) is 27.4 Å². The van der Waals surface area contributed by atoms with Crippen molar-refractivity contribution in [2.45, 2.75) is 11.1 Å². The standard InChI is InChI=1S/C22H19F3N2O3S/c23-22(24,25)20-8-4-3-7-19(20)21(28)26-11-13-27(14-12-26)31(29,30)18-10-9-16-5-1-2-6-17(16)15-18/h1-10,15H,11-14H2. The Bertz CT molecular complexity index is 1230. The zero-order valence-electron chi connectivity index (χ0n) is 16.3. The summed E-state index contributed by atoms with van der Waals surface area (Å²) < 4.78 is 67.0. The van der Waals surface area contributed by atoms with Crippen LogP contribution in [0.5, 0.6) is 0 Å². The molecule has 5 nitrogen and oxygen atoms in total. The zero-order valence-corrected chi connectivity index (χ0v) is 17.2. The number of hydrogen-bond donors (Lipinski definition) is 0.